The average Bonchev–Trinajstić information content (AvgIpc) is 2.47. The first-order valence-electron chi connectivity index (χ1n) is 6.84. The largest absolute Gasteiger partial charge is 0.336 e. The van der Waals surface area contributed by atoms with Crippen molar-refractivity contribution in [3.8, 4) is 0 Å². The van der Waals surface area contributed by atoms with Crippen molar-refractivity contribution in [3.63, 3.8) is 0 Å². The minimum atomic E-state index is 0.0938. The summed E-state index contributed by atoms with van der Waals surface area (Å²) in [6.45, 7) is 5.39. The molecule has 0 atom stereocenters. The number of carbonyl (C=O) groups is 1. The lowest BCUT2D eigenvalue weighted by Crippen LogP contribution is -2.47. The number of hydrogen-bond acceptors (Lipinski definition) is 4. The van der Waals surface area contributed by atoms with Gasteiger partial charge in [-0.25, -0.2) is 9.97 Å². The summed E-state index contributed by atoms with van der Waals surface area (Å²) in [5.74, 6) is 0.0938. The number of hydrogen-bond donors (Lipinski definition) is 0. The monoisotopic (exact) mass is 270 g/mol. The molecule has 0 radical (unpaired) electrons. The van der Waals surface area contributed by atoms with Gasteiger partial charge in [-0.2, -0.15) is 0 Å². The molecule has 5 heteroatoms. The molecule has 1 aliphatic heterocycles. The standard InChI is InChI=1S/C15H18N4O/c1-11-13-4-3-12(9-14(13)17-10-16-11)15(20)19-7-5-18(2)6-8-19/h3-4,9-10H,5-8H2,1-2H3. The van der Waals surface area contributed by atoms with Crippen LogP contribution in [0.4, 0.5) is 0 Å². The van der Waals surface area contributed by atoms with Gasteiger partial charge < -0.3 is 9.80 Å². The Morgan fingerprint density at radius 1 is 1.15 bits per heavy atom. The summed E-state index contributed by atoms with van der Waals surface area (Å²) in [5, 5.41) is 1.00. The van der Waals surface area contributed by atoms with Crippen LogP contribution in [0.2, 0.25) is 0 Å². The van der Waals surface area contributed by atoms with Crippen molar-refractivity contribution in [3.05, 3.63) is 35.8 Å². The lowest BCUT2D eigenvalue weighted by Gasteiger charge is -2.32. The summed E-state index contributed by atoms with van der Waals surface area (Å²) >= 11 is 0. The van der Waals surface area contributed by atoms with Crippen molar-refractivity contribution < 1.29 is 4.79 Å². The molecule has 3 rings (SSSR count). The summed E-state index contributed by atoms with van der Waals surface area (Å²) in [6.07, 6.45) is 1.54. The summed E-state index contributed by atoms with van der Waals surface area (Å²) in [5.41, 5.74) is 2.48. The summed E-state index contributed by atoms with van der Waals surface area (Å²) < 4.78 is 0. The predicted molar refractivity (Wildman–Crippen MR) is 77.7 cm³/mol. The fourth-order valence-corrected chi connectivity index (χ4v) is 2.52. The highest BCUT2D eigenvalue weighted by atomic mass is 16.2. The Morgan fingerprint density at radius 3 is 2.65 bits per heavy atom. The fraction of sp³-hybridized carbons (Fsp3) is 0.400. The van der Waals surface area contributed by atoms with Crippen molar-refractivity contribution in [2.45, 2.75) is 6.92 Å². The third kappa shape index (κ3) is 2.36. The lowest BCUT2D eigenvalue weighted by molar-refractivity contribution is 0.0664. The fourth-order valence-electron chi connectivity index (χ4n) is 2.52. The zero-order chi connectivity index (χ0) is 14.1. The van der Waals surface area contributed by atoms with E-state index in [1.54, 1.807) is 6.33 Å². The number of aromatic nitrogens is 2. The van der Waals surface area contributed by atoms with Gasteiger partial charge in [0.2, 0.25) is 0 Å². The Hall–Kier alpha value is -2.01. The Morgan fingerprint density at radius 2 is 1.90 bits per heavy atom. The second kappa shape index (κ2) is 5.17. The maximum Gasteiger partial charge on any atom is 0.254 e. The van der Waals surface area contributed by atoms with Crippen LogP contribution >= 0.6 is 0 Å². The number of likely N-dealkylation sites (N-methyl/N-ethyl adjacent to an activating group) is 1. The van der Waals surface area contributed by atoms with E-state index >= 15 is 0 Å². The molecule has 0 aliphatic carbocycles. The molecule has 20 heavy (non-hydrogen) atoms. The molecule has 0 unspecified atom stereocenters. The molecule has 1 saturated heterocycles. The van der Waals surface area contributed by atoms with Gasteiger partial charge in [0, 0.05) is 42.8 Å². The van der Waals surface area contributed by atoms with Gasteiger partial charge in [-0.1, -0.05) is 6.07 Å². The maximum absolute atomic E-state index is 12.5. The second-order valence-electron chi connectivity index (χ2n) is 5.29. The molecule has 0 bridgehead atoms. The van der Waals surface area contributed by atoms with E-state index in [1.165, 1.54) is 0 Å². The van der Waals surface area contributed by atoms with E-state index < -0.39 is 0 Å². The third-order valence-electron chi connectivity index (χ3n) is 3.87. The molecule has 1 aromatic carbocycles. The zero-order valence-electron chi connectivity index (χ0n) is 11.8. The van der Waals surface area contributed by atoms with E-state index in [1.807, 2.05) is 30.0 Å². The van der Waals surface area contributed by atoms with Crippen LogP contribution in [0.5, 0.6) is 0 Å². The second-order valence-corrected chi connectivity index (χ2v) is 5.29. The molecule has 104 valence electrons. The van der Waals surface area contributed by atoms with Crippen molar-refractivity contribution in [2.24, 2.45) is 0 Å². The van der Waals surface area contributed by atoms with Crippen LogP contribution in [0.15, 0.2) is 24.5 Å². The lowest BCUT2D eigenvalue weighted by atomic mass is 10.1. The molecule has 2 heterocycles. The van der Waals surface area contributed by atoms with Gasteiger partial charge in [-0.3, -0.25) is 4.79 Å². The molecule has 1 aliphatic rings. The van der Waals surface area contributed by atoms with Gasteiger partial charge in [-0.05, 0) is 26.1 Å². The predicted octanol–water partition coefficient (Wildman–Crippen LogP) is 1.33. The Bertz CT molecular complexity index is 647. The number of benzene rings is 1. The minimum Gasteiger partial charge on any atom is -0.336 e. The molecule has 0 saturated carbocycles. The highest BCUT2D eigenvalue weighted by Gasteiger charge is 2.20. The van der Waals surface area contributed by atoms with Gasteiger partial charge in [-0.15, -0.1) is 0 Å². The van der Waals surface area contributed by atoms with Crippen molar-refractivity contribution in [1.82, 2.24) is 19.8 Å². The highest BCUT2D eigenvalue weighted by Crippen LogP contribution is 2.17. The number of nitrogens with zero attached hydrogens (tertiary/aromatic N) is 4. The van der Waals surface area contributed by atoms with E-state index in [-0.39, 0.29) is 5.91 Å². The van der Waals surface area contributed by atoms with Crippen molar-refractivity contribution in [1.29, 1.82) is 0 Å². The van der Waals surface area contributed by atoms with E-state index in [0.29, 0.717) is 5.56 Å². The molecule has 1 fully saturated rings. The van der Waals surface area contributed by atoms with Crippen LogP contribution in [-0.4, -0.2) is 58.9 Å². The van der Waals surface area contributed by atoms with Gasteiger partial charge in [0.1, 0.15) is 6.33 Å². The first kappa shape index (κ1) is 13.0. The van der Waals surface area contributed by atoms with E-state index in [2.05, 4.69) is 21.9 Å². The molecule has 2 aromatic rings. The summed E-state index contributed by atoms with van der Waals surface area (Å²) in [7, 11) is 2.08. The number of carbonyl (C=O) groups excluding carboxylic acids is 1. The topological polar surface area (TPSA) is 49.3 Å². The van der Waals surface area contributed by atoms with Crippen LogP contribution < -0.4 is 0 Å². The molecule has 1 aromatic heterocycles. The Labute approximate surface area is 118 Å². The van der Waals surface area contributed by atoms with Gasteiger partial charge in [0.15, 0.2) is 0 Å². The van der Waals surface area contributed by atoms with Gasteiger partial charge in [0.25, 0.3) is 5.91 Å². The summed E-state index contributed by atoms with van der Waals surface area (Å²) in [6, 6.07) is 5.68. The first-order valence-corrected chi connectivity index (χ1v) is 6.84. The normalized spacial score (nSPS) is 16.6. The zero-order valence-corrected chi connectivity index (χ0v) is 11.8. The molecule has 1 amide bonds. The van der Waals surface area contributed by atoms with Gasteiger partial charge >= 0.3 is 0 Å². The number of aryl methyl sites for hydroxylation is 1. The molecule has 0 spiro atoms. The molecular weight excluding hydrogens is 252 g/mol. The smallest absolute Gasteiger partial charge is 0.254 e. The van der Waals surface area contributed by atoms with Crippen LogP contribution in [0.25, 0.3) is 10.9 Å². The van der Waals surface area contributed by atoms with Crippen molar-refractivity contribution >= 4 is 16.8 Å². The number of rotatable bonds is 1. The van der Waals surface area contributed by atoms with Crippen LogP contribution in [0.1, 0.15) is 16.1 Å². The number of fused-ring (bicyclic) bond motifs is 1. The quantitative estimate of drug-likeness (QED) is 0.784. The maximum atomic E-state index is 12.5. The highest BCUT2D eigenvalue weighted by molar-refractivity contribution is 5.98. The minimum absolute atomic E-state index is 0.0938. The summed E-state index contributed by atoms with van der Waals surface area (Å²) in [4.78, 5) is 25.1. The molecule has 5 nitrogen and oxygen atoms in total. The third-order valence-corrected chi connectivity index (χ3v) is 3.87. The average molecular weight is 270 g/mol. The van der Waals surface area contributed by atoms with E-state index in [0.717, 1.165) is 42.8 Å². The van der Waals surface area contributed by atoms with Crippen LogP contribution in [-0.2, 0) is 0 Å². The number of piperazine rings is 1. The van der Waals surface area contributed by atoms with Gasteiger partial charge in [0.05, 0.1) is 5.52 Å². The Kier molecular flexibility index (Phi) is 3.36. The first-order chi connectivity index (χ1) is 9.65. The SMILES string of the molecule is Cc1ncnc2cc(C(=O)N3CCN(C)CC3)ccc12. The van der Waals surface area contributed by atoms with Crippen LogP contribution in [0.3, 0.4) is 0 Å². The van der Waals surface area contributed by atoms with E-state index in [4.69, 9.17) is 0 Å². The number of amides is 1. The molecule has 0 N–H and O–H groups in total. The van der Waals surface area contributed by atoms with E-state index in [9.17, 15) is 4.79 Å². The molecular formula is C15H18N4O. The van der Waals surface area contributed by atoms with Crippen LogP contribution in [0, 0.1) is 6.92 Å². The Balaban J connectivity index is 1.88. The van der Waals surface area contributed by atoms with Crippen molar-refractivity contribution in [2.75, 3.05) is 33.2 Å².